The second-order valence-corrected chi connectivity index (χ2v) is 10.8. The molecule has 1 amide bonds. The second kappa shape index (κ2) is 10.1. The summed E-state index contributed by atoms with van der Waals surface area (Å²) in [5, 5.41) is 7.99. The molecule has 3 heteroatoms. The second-order valence-electron chi connectivity index (χ2n) is 10.8. The maximum Gasteiger partial charge on any atom is 0.255 e. The minimum Gasteiger partial charge on any atom is -0.322 e. The van der Waals surface area contributed by atoms with Crippen molar-refractivity contribution in [2.24, 2.45) is 0 Å². The lowest BCUT2D eigenvalue weighted by Gasteiger charge is -2.27. The first kappa shape index (κ1) is 25.1. The minimum absolute atomic E-state index is 0.0818. The van der Waals surface area contributed by atoms with Gasteiger partial charge in [-0.3, -0.25) is 9.59 Å². The van der Waals surface area contributed by atoms with Crippen LogP contribution >= 0.6 is 0 Å². The Hall–Kier alpha value is -4.24. The lowest BCUT2D eigenvalue weighted by molar-refractivity contribution is 0.102. The highest BCUT2D eigenvalue weighted by Crippen LogP contribution is 2.34. The van der Waals surface area contributed by atoms with E-state index in [0.717, 1.165) is 47.6 Å². The lowest BCUT2D eigenvalue weighted by atomic mass is 9.77. The largest absolute Gasteiger partial charge is 0.322 e. The average Bonchev–Trinajstić information content (AvgIpc) is 2.97. The Labute approximate surface area is 229 Å². The van der Waals surface area contributed by atoms with E-state index in [-0.39, 0.29) is 11.7 Å². The molecule has 1 unspecified atom stereocenters. The Balaban J connectivity index is 1.37. The van der Waals surface area contributed by atoms with Crippen LogP contribution in [0.5, 0.6) is 0 Å². The number of aryl methyl sites for hydroxylation is 1. The number of fused-ring (bicyclic) bond motifs is 4. The van der Waals surface area contributed by atoms with Crippen LogP contribution in [-0.4, -0.2) is 11.7 Å². The van der Waals surface area contributed by atoms with Crippen molar-refractivity contribution >= 4 is 29.0 Å². The van der Waals surface area contributed by atoms with E-state index in [4.69, 9.17) is 0 Å². The molecule has 1 N–H and O–H groups in total. The van der Waals surface area contributed by atoms with Crippen LogP contribution in [0.3, 0.4) is 0 Å². The summed E-state index contributed by atoms with van der Waals surface area (Å²) in [6, 6.07) is 26.1. The number of benzene rings is 4. The molecule has 0 aromatic heterocycles. The van der Waals surface area contributed by atoms with Crippen LogP contribution in [0, 0.1) is 24.3 Å². The van der Waals surface area contributed by atoms with E-state index >= 15 is 0 Å². The Kier molecular flexibility index (Phi) is 6.52. The molecule has 0 aliphatic heterocycles. The maximum absolute atomic E-state index is 13.8. The molecule has 6 rings (SSSR count). The molecular formula is C36H33NO2. The van der Waals surface area contributed by atoms with Crippen molar-refractivity contribution in [1.82, 2.24) is 0 Å². The minimum atomic E-state index is -0.139. The van der Waals surface area contributed by atoms with Crippen molar-refractivity contribution in [2.45, 2.75) is 52.4 Å². The summed E-state index contributed by atoms with van der Waals surface area (Å²) in [5.41, 5.74) is 7.72. The van der Waals surface area contributed by atoms with Gasteiger partial charge < -0.3 is 5.32 Å². The predicted molar refractivity (Wildman–Crippen MR) is 158 cm³/mol. The summed E-state index contributed by atoms with van der Waals surface area (Å²) < 4.78 is 0. The quantitative estimate of drug-likeness (QED) is 0.311. The Bertz CT molecular complexity index is 1850. The zero-order valence-electron chi connectivity index (χ0n) is 22.8. The third-order valence-electron chi connectivity index (χ3n) is 8.63. The smallest absolute Gasteiger partial charge is 0.255 e. The first-order valence-electron chi connectivity index (χ1n) is 13.9. The summed E-state index contributed by atoms with van der Waals surface area (Å²) in [6.45, 7) is 6.22. The van der Waals surface area contributed by atoms with Gasteiger partial charge in [0, 0.05) is 22.4 Å². The Morgan fingerprint density at radius 1 is 0.846 bits per heavy atom. The zero-order valence-corrected chi connectivity index (χ0v) is 22.8. The summed E-state index contributed by atoms with van der Waals surface area (Å²) in [7, 11) is 0. The number of amides is 1. The summed E-state index contributed by atoms with van der Waals surface area (Å²) in [5.74, 6) is 0.408. The van der Waals surface area contributed by atoms with E-state index in [9.17, 15) is 9.59 Å². The van der Waals surface area contributed by atoms with Gasteiger partial charge in [-0.25, -0.2) is 0 Å². The van der Waals surface area contributed by atoms with Crippen LogP contribution in [-0.2, 0) is 6.42 Å². The number of carbonyl (C=O) groups is 2. The fourth-order valence-electron chi connectivity index (χ4n) is 6.32. The van der Waals surface area contributed by atoms with Gasteiger partial charge in [0.05, 0.1) is 0 Å². The van der Waals surface area contributed by atoms with E-state index in [2.05, 4.69) is 54.7 Å². The zero-order chi connectivity index (χ0) is 27.1. The number of nitrogens with one attached hydrogen (secondary N) is 1. The lowest BCUT2D eigenvalue weighted by Crippen LogP contribution is -2.28. The monoisotopic (exact) mass is 511 g/mol. The van der Waals surface area contributed by atoms with E-state index < -0.39 is 0 Å². The van der Waals surface area contributed by atoms with Crippen molar-refractivity contribution in [1.29, 1.82) is 0 Å². The molecule has 0 bridgehead atoms. The van der Waals surface area contributed by atoms with Crippen LogP contribution in [0.1, 0.15) is 75.1 Å². The number of hydrogen-bond acceptors (Lipinski definition) is 2. The first-order valence-corrected chi connectivity index (χ1v) is 13.9. The molecule has 2 aliphatic carbocycles. The SMILES string of the molecule is CCC1CCC(C(=O)c2ccc(NC(=O)c3cccc(C)c3C)cc2)=c2ccc3c(c21)CC=c1ccccc1=3. The highest BCUT2D eigenvalue weighted by molar-refractivity contribution is 6.24. The molecule has 0 heterocycles. The summed E-state index contributed by atoms with van der Waals surface area (Å²) in [6.07, 6.45) is 6.08. The van der Waals surface area contributed by atoms with E-state index in [0.29, 0.717) is 22.7 Å². The summed E-state index contributed by atoms with van der Waals surface area (Å²) in [4.78, 5) is 26.7. The number of ketones is 1. The van der Waals surface area contributed by atoms with Gasteiger partial charge in [-0.2, -0.15) is 0 Å². The van der Waals surface area contributed by atoms with Gasteiger partial charge in [-0.15, -0.1) is 0 Å². The van der Waals surface area contributed by atoms with Crippen molar-refractivity contribution in [2.75, 3.05) is 5.32 Å². The van der Waals surface area contributed by atoms with Gasteiger partial charge in [-0.05, 0) is 119 Å². The Morgan fingerprint density at radius 3 is 2.41 bits per heavy atom. The molecule has 0 radical (unpaired) electrons. The van der Waals surface area contributed by atoms with Crippen LogP contribution in [0.2, 0.25) is 0 Å². The standard InChI is InChI=1S/C36H33NO2/c1-4-24-14-19-33(32-21-20-30-29-10-6-5-9-25(29)15-18-31(30)34(24)32)35(38)26-12-16-27(17-13-26)37-36(39)28-11-7-8-22(2)23(28)3/h5-13,15-17,20-21,24H,4,14,18-19H2,1-3H3,(H,37,39). The third kappa shape index (κ3) is 4.42. The van der Waals surface area contributed by atoms with E-state index in [1.165, 1.54) is 26.8 Å². The first-order chi connectivity index (χ1) is 19.0. The number of anilines is 1. The van der Waals surface area contributed by atoms with Gasteiger partial charge in [0.1, 0.15) is 0 Å². The fourth-order valence-corrected chi connectivity index (χ4v) is 6.32. The van der Waals surface area contributed by atoms with Crippen molar-refractivity contribution in [3.63, 3.8) is 0 Å². The van der Waals surface area contributed by atoms with Crippen LogP contribution in [0.4, 0.5) is 5.69 Å². The van der Waals surface area contributed by atoms with E-state index in [1.807, 2.05) is 56.3 Å². The van der Waals surface area contributed by atoms with Crippen LogP contribution < -0.4 is 15.8 Å². The molecule has 4 aromatic carbocycles. The maximum atomic E-state index is 13.8. The highest BCUT2D eigenvalue weighted by Gasteiger charge is 2.26. The van der Waals surface area contributed by atoms with Gasteiger partial charge in [0.2, 0.25) is 0 Å². The predicted octanol–water partition coefficient (Wildman–Crippen LogP) is 6.50. The van der Waals surface area contributed by atoms with Gasteiger partial charge in [0.25, 0.3) is 5.91 Å². The summed E-state index contributed by atoms with van der Waals surface area (Å²) >= 11 is 0. The molecule has 0 saturated carbocycles. The molecule has 0 saturated heterocycles. The highest BCUT2D eigenvalue weighted by atomic mass is 16.1. The molecule has 0 fully saturated rings. The van der Waals surface area contributed by atoms with Gasteiger partial charge in [0.15, 0.2) is 5.78 Å². The number of Topliss-reactive ketones (excluding diaryl/α,β-unsaturated/α-hetero) is 1. The van der Waals surface area contributed by atoms with Gasteiger partial charge in [-0.1, -0.05) is 61.5 Å². The molecule has 3 nitrogen and oxygen atoms in total. The van der Waals surface area contributed by atoms with Gasteiger partial charge >= 0.3 is 0 Å². The fraction of sp³-hybridized carbons (Fsp3) is 0.222. The molecular weight excluding hydrogens is 478 g/mol. The molecule has 1 atom stereocenters. The molecule has 2 aliphatic rings. The molecule has 39 heavy (non-hydrogen) atoms. The van der Waals surface area contributed by atoms with E-state index in [1.54, 1.807) is 0 Å². The van der Waals surface area contributed by atoms with Crippen molar-refractivity contribution in [3.05, 3.63) is 133 Å². The van der Waals surface area contributed by atoms with Crippen LogP contribution in [0.25, 0.3) is 11.6 Å². The van der Waals surface area contributed by atoms with Crippen LogP contribution in [0.15, 0.2) is 78.9 Å². The number of carbonyl (C=O) groups excluding carboxylic acids is 2. The number of rotatable bonds is 5. The third-order valence-corrected chi connectivity index (χ3v) is 8.63. The van der Waals surface area contributed by atoms with Crippen molar-refractivity contribution < 1.29 is 9.59 Å². The normalized spacial score (nSPS) is 15.5. The molecule has 194 valence electrons. The average molecular weight is 512 g/mol. The molecule has 4 aromatic rings. The number of hydrogen-bond donors (Lipinski definition) is 1. The Morgan fingerprint density at radius 2 is 1.62 bits per heavy atom. The van der Waals surface area contributed by atoms with Crippen molar-refractivity contribution in [3.8, 4) is 0 Å². The topological polar surface area (TPSA) is 46.2 Å². The molecule has 0 spiro atoms.